The van der Waals surface area contributed by atoms with Crippen molar-refractivity contribution in [1.82, 2.24) is 5.32 Å². The van der Waals surface area contributed by atoms with E-state index in [4.69, 9.17) is 4.74 Å². The number of nitrogens with one attached hydrogen (secondary N) is 1. The first-order valence-corrected chi connectivity index (χ1v) is 5.08. The zero-order chi connectivity index (χ0) is 11.9. The van der Waals surface area contributed by atoms with Crippen LogP contribution >= 0.6 is 0 Å². The highest BCUT2D eigenvalue weighted by Crippen LogP contribution is 2.40. The molecule has 0 saturated carbocycles. The number of methoxy groups -OCH3 is 1. The van der Waals surface area contributed by atoms with Gasteiger partial charge in [-0.3, -0.25) is 4.79 Å². The number of ether oxygens (including phenoxy) is 1. The lowest BCUT2D eigenvalue weighted by Crippen LogP contribution is -2.46. The molecule has 0 amide bonds. The van der Waals surface area contributed by atoms with Crippen molar-refractivity contribution in [2.75, 3.05) is 7.11 Å². The van der Waals surface area contributed by atoms with E-state index >= 15 is 0 Å². The number of carbonyl (C=O) groups is 2. The van der Waals surface area contributed by atoms with E-state index in [9.17, 15) is 9.59 Å². The van der Waals surface area contributed by atoms with E-state index in [1.807, 2.05) is 27.7 Å². The van der Waals surface area contributed by atoms with E-state index in [1.54, 1.807) is 0 Å². The Balaban J connectivity index is 3.10. The molecule has 15 heavy (non-hydrogen) atoms. The fraction of sp³-hybridized carbons (Fsp3) is 0.818. The van der Waals surface area contributed by atoms with E-state index < -0.39 is 11.5 Å². The maximum absolute atomic E-state index is 11.7. The van der Waals surface area contributed by atoms with Crippen molar-refractivity contribution in [1.29, 1.82) is 0 Å². The minimum absolute atomic E-state index is 0.324. The predicted octanol–water partition coefficient (Wildman–Crippen LogP) is 0.751. The molecule has 0 spiro atoms. The average Bonchev–Trinajstić information content (AvgIpc) is 2.28. The lowest BCUT2D eigenvalue weighted by atomic mass is 9.78. The molecule has 4 heteroatoms. The number of aldehydes is 1. The van der Waals surface area contributed by atoms with E-state index in [1.165, 1.54) is 7.11 Å². The molecule has 1 aliphatic heterocycles. The SMILES string of the molecule is COC(=O)[C@H]1[C@H](C=O)C(C)(C)NC1(C)C. The first kappa shape index (κ1) is 12.2. The third-order valence-electron chi connectivity index (χ3n) is 3.22. The van der Waals surface area contributed by atoms with Crippen LogP contribution < -0.4 is 5.32 Å². The van der Waals surface area contributed by atoms with Crippen LogP contribution in [0.15, 0.2) is 0 Å². The molecule has 2 atom stereocenters. The molecule has 4 nitrogen and oxygen atoms in total. The van der Waals surface area contributed by atoms with E-state index in [0.717, 1.165) is 6.29 Å². The lowest BCUT2D eigenvalue weighted by molar-refractivity contribution is -0.149. The molecule has 1 heterocycles. The molecule has 1 fully saturated rings. The molecule has 0 aromatic heterocycles. The number of carbonyl (C=O) groups excluding carboxylic acids is 2. The second-order valence-corrected chi connectivity index (χ2v) is 5.23. The highest BCUT2D eigenvalue weighted by Gasteiger charge is 2.55. The van der Waals surface area contributed by atoms with Gasteiger partial charge >= 0.3 is 5.97 Å². The number of hydrogen-bond acceptors (Lipinski definition) is 4. The van der Waals surface area contributed by atoms with Gasteiger partial charge < -0.3 is 14.8 Å². The highest BCUT2D eigenvalue weighted by molar-refractivity contribution is 5.80. The van der Waals surface area contributed by atoms with Gasteiger partial charge in [0.15, 0.2) is 0 Å². The summed E-state index contributed by atoms with van der Waals surface area (Å²) in [5.41, 5.74) is -0.785. The molecule has 0 aromatic rings. The topological polar surface area (TPSA) is 55.4 Å². The number of rotatable bonds is 2. The summed E-state index contributed by atoms with van der Waals surface area (Å²) in [5, 5.41) is 3.30. The van der Waals surface area contributed by atoms with E-state index in [0.29, 0.717) is 0 Å². The fourth-order valence-electron chi connectivity index (χ4n) is 2.67. The van der Waals surface area contributed by atoms with Crippen LogP contribution in [0.5, 0.6) is 0 Å². The fourth-order valence-corrected chi connectivity index (χ4v) is 2.67. The Morgan fingerprint density at radius 1 is 1.27 bits per heavy atom. The first-order chi connectivity index (χ1) is 6.76. The van der Waals surface area contributed by atoms with Crippen LogP contribution in [-0.4, -0.2) is 30.4 Å². The zero-order valence-electron chi connectivity index (χ0n) is 9.96. The van der Waals surface area contributed by atoms with Crippen molar-refractivity contribution in [3.8, 4) is 0 Å². The predicted molar refractivity (Wildman–Crippen MR) is 56.4 cm³/mol. The Bertz CT molecular complexity index is 284. The lowest BCUT2D eigenvalue weighted by Gasteiger charge is -2.26. The molecular weight excluding hydrogens is 194 g/mol. The van der Waals surface area contributed by atoms with E-state index in [-0.39, 0.29) is 17.4 Å². The Morgan fingerprint density at radius 3 is 2.20 bits per heavy atom. The molecule has 1 aliphatic rings. The third kappa shape index (κ3) is 1.91. The quantitative estimate of drug-likeness (QED) is 0.543. The zero-order valence-corrected chi connectivity index (χ0v) is 9.96. The summed E-state index contributed by atoms with van der Waals surface area (Å²) in [6.07, 6.45) is 0.851. The van der Waals surface area contributed by atoms with Crippen LogP contribution in [0, 0.1) is 11.8 Å². The maximum atomic E-state index is 11.7. The second-order valence-electron chi connectivity index (χ2n) is 5.23. The molecule has 0 unspecified atom stereocenters. The molecule has 0 aliphatic carbocycles. The Morgan fingerprint density at radius 2 is 1.80 bits per heavy atom. The van der Waals surface area contributed by atoms with Crippen molar-refractivity contribution in [3.05, 3.63) is 0 Å². The standard InChI is InChI=1S/C11H19NO3/c1-10(2)7(6-13)8(9(14)15-5)11(3,4)12-10/h6-8,12H,1-5H3/t7-,8+/m0/s1. The number of esters is 1. The van der Waals surface area contributed by atoms with Gasteiger partial charge in [-0.1, -0.05) is 0 Å². The van der Waals surface area contributed by atoms with Crippen molar-refractivity contribution >= 4 is 12.3 Å². The molecule has 0 aromatic carbocycles. The molecule has 1 rings (SSSR count). The van der Waals surface area contributed by atoms with Crippen molar-refractivity contribution in [2.45, 2.75) is 38.8 Å². The Labute approximate surface area is 90.4 Å². The van der Waals surface area contributed by atoms with Crippen LogP contribution in [-0.2, 0) is 14.3 Å². The highest BCUT2D eigenvalue weighted by atomic mass is 16.5. The Hall–Kier alpha value is -0.900. The molecule has 1 N–H and O–H groups in total. The molecule has 86 valence electrons. The van der Waals surface area contributed by atoms with Gasteiger partial charge in [-0.15, -0.1) is 0 Å². The summed E-state index contributed by atoms with van der Waals surface area (Å²) < 4.78 is 4.76. The van der Waals surface area contributed by atoms with Gasteiger partial charge in [0, 0.05) is 17.0 Å². The molecular formula is C11H19NO3. The summed E-state index contributed by atoms with van der Waals surface area (Å²) in [6, 6.07) is 0. The van der Waals surface area contributed by atoms with Crippen LogP contribution in [0.4, 0.5) is 0 Å². The van der Waals surface area contributed by atoms with Crippen LogP contribution in [0.3, 0.4) is 0 Å². The molecule has 0 bridgehead atoms. The van der Waals surface area contributed by atoms with Crippen molar-refractivity contribution in [2.24, 2.45) is 11.8 Å². The van der Waals surface area contributed by atoms with Crippen molar-refractivity contribution < 1.29 is 14.3 Å². The summed E-state index contributed by atoms with van der Waals surface area (Å²) in [5.74, 6) is -1.09. The van der Waals surface area contributed by atoms with Gasteiger partial charge in [-0.05, 0) is 27.7 Å². The average molecular weight is 213 g/mol. The number of hydrogen-bond donors (Lipinski definition) is 1. The van der Waals surface area contributed by atoms with Crippen LogP contribution in [0.2, 0.25) is 0 Å². The summed E-state index contributed by atoms with van der Waals surface area (Å²) in [7, 11) is 1.35. The van der Waals surface area contributed by atoms with Gasteiger partial charge in [0.05, 0.1) is 13.0 Å². The minimum atomic E-state index is -0.421. The first-order valence-electron chi connectivity index (χ1n) is 5.08. The maximum Gasteiger partial charge on any atom is 0.311 e. The third-order valence-corrected chi connectivity index (χ3v) is 3.22. The molecule has 0 radical (unpaired) electrons. The van der Waals surface area contributed by atoms with Gasteiger partial charge in [0.25, 0.3) is 0 Å². The van der Waals surface area contributed by atoms with Gasteiger partial charge in [0.1, 0.15) is 6.29 Å². The normalized spacial score (nSPS) is 32.3. The summed E-state index contributed by atoms with van der Waals surface area (Å²) in [6.45, 7) is 7.69. The van der Waals surface area contributed by atoms with Gasteiger partial charge in [0.2, 0.25) is 0 Å². The monoisotopic (exact) mass is 213 g/mol. The van der Waals surface area contributed by atoms with Crippen LogP contribution in [0.1, 0.15) is 27.7 Å². The Kier molecular flexibility index (Phi) is 2.92. The summed E-state index contributed by atoms with van der Waals surface area (Å²) >= 11 is 0. The smallest absolute Gasteiger partial charge is 0.311 e. The molecule has 1 saturated heterocycles. The van der Waals surface area contributed by atoms with Gasteiger partial charge in [-0.2, -0.15) is 0 Å². The summed E-state index contributed by atoms with van der Waals surface area (Å²) in [4.78, 5) is 22.8. The van der Waals surface area contributed by atoms with Gasteiger partial charge in [-0.25, -0.2) is 0 Å². The largest absolute Gasteiger partial charge is 0.469 e. The van der Waals surface area contributed by atoms with Crippen molar-refractivity contribution in [3.63, 3.8) is 0 Å². The van der Waals surface area contributed by atoms with E-state index in [2.05, 4.69) is 5.32 Å². The second kappa shape index (κ2) is 3.59. The minimum Gasteiger partial charge on any atom is -0.469 e. The van der Waals surface area contributed by atoms with Crippen LogP contribution in [0.25, 0.3) is 0 Å².